The molecule has 0 saturated carbocycles. The van der Waals surface area contributed by atoms with Gasteiger partial charge in [-0.1, -0.05) is 5.16 Å². The van der Waals surface area contributed by atoms with Crippen molar-refractivity contribution >= 4 is 11.9 Å². The molecule has 8 nitrogen and oxygen atoms in total. The Labute approximate surface area is 128 Å². The summed E-state index contributed by atoms with van der Waals surface area (Å²) >= 11 is 0. The molecule has 0 atom stereocenters. The van der Waals surface area contributed by atoms with E-state index in [1.165, 1.54) is 0 Å². The van der Waals surface area contributed by atoms with E-state index in [-0.39, 0.29) is 0 Å². The van der Waals surface area contributed by atoms with Crippen molar-refractivity contribution in [3.63, 3.8) is 0 Å². The highest BCUT2D eigenvalue weighted by Crippen LogP contribution is 2.09. The van der Waals surface area contributed by atoms with Gasteiger partial charge in [0, 0.05) is 51.7 Å². The van der Waals surface area contributed by atoms with Gasteiger partial charge in [0.1, 0.15) is 12.0 Å². The van der Waals surface area contributed by atoms with Gasteiger partial charge in [0.05, 0.1) is 6.54 Å². The summed E-state index contributed by atoms with van der Waals surface area (Å²) < 4.78 is 4.82. The van der Waals surface area contributed by atoms with Crippen molar-refractivity contribution in [3.8, 4) is 0 Å². The number of hydrogen-bond acceptors (Lipinski definition) is 6. The number of guanidine groups is 1. The summed E-state index contributed by atoms with van der Waals surface area (Å²) in [7, 11) is 1.79. The Hall–Kier alpha value is -2.64. The van der Waals surface area contributed by atoms with Crippen LogP contribution in [0, 0.1) is 0 Å². The Morgan fingerprint density at radius 1 is 1.27 bits per heavy atom. The summed E-state index contributed by atoms with van der Waals surface area (Å²) in [6.45, 7) is 4.09. The first-order valence-corrected chi connectivity index (χ1v) is 7.23. The van der Waals surface area contributed by atoms with Gasteiger partial charge in [0.15, 0.2) is 5.96 Å². The number of nitrogens with one attached hydrogen (secondary N) is 1. The Balaban J connectivity index is 1.53. The summed E-state index contributed by atoms with van der Waals surface area (Å²) in [4.78, 5) is 17.3. The van der Waals surface area contributed by atoms with E-state index in [1.807, 2.05) is 12.1 Å². The first-order chi connectivity index (χ1) is 10.9. The van der Waals surface area contributed by atoms with Crippen LogP contribution < -0.4 is 10.2 Å². The fourth-order valence-electron chi connectivity index (χ4n) is 2.40. The number of piperazine rings is 1. The number of rotatable bonds is 3. The minimum Gasteiger partial charge on any atom is -0.364 e. The highest BCUT2D eigenvalue weighted by atomic mass is 16.5. The van der Waals surface area contributed by atoms with E-state index in [1.54, 1.807) is 25.7 Å². The van der Waals surface area contributed by atoms with Crippen LogP contribution in [0.15, 0.2) is 40.3 Å². The van der Waals surface area contributed by atoms with Crippen LogP contribution in [0.25, 0.3) is 0 Å². The molecule has 3 rings (SSSR count). The fourth-order valence-corrected chi connectivity index (χ4v) is 2.40. The molecule has 1 aliphatic heterocycles. The third-order valence-corrected chi connectivity index (χ3v) is 3.54. The molecule has 1 N–H and O–H groups in total. The van der Waals surface area contributed by atoms with Gasteiger partial charge in [0.2, 0.25) is 5.95 Å². The average molecular weight is 301 g/mol. The molecule has 116 valence electrons. The van der Waals surface area contributed by atoms with E-state index in [0.29, 0.717) is 6.54 Å². The van der Waals surface area contributed by atoms with Gasteiger partial charge in [-0.05, 0) is 6.07 Å². The Morgan fingerprint density at radius 2 is 2.05 bits per heavy atom. The molecule has 22 heavy (non-hydrogen) atoms. The lowest BCUT2D eigenvalue weighted by Gasteiger charge is -2.36. The van der Waals surface area contributed by atoms with Gasteiger partial charge in [-0.15, -0.1) is 0 Å². The Morgan fingerprint density at radius 3 is 2.68 bits per heavy atom. The van der Waals surface area contributed by atoms with Crippen LogP contribution >= 0.6 is 0 Å². The van der Waals surface area contributed by atoms with E-state index in [0.717, 1.165) is 43.8 Å². The summed E-state index contributed by atoms with van der Waals surface area (Å²) in [5.41, 5.74) is 0.859. The number of aliphatic imine (C=N–C) groups is 1. The van der Waals surface area contributed by atoms with E-state index >= 15 is 0 Å². The number of aromatic nitrogens is 3. The van der Waals surface area contributed by atoms with E-state index in [4.69, 9.17) is 4.52 Å². The molecule has 0 bridgehead atoms. The van der Waals surface area contributed by atoms with Crippen molar-refractivity contribution in [1.29, 1.82) is 0 Å². The van der Waals surface area contributed by atoms with Crippen LogP contribution in [0.2, 0.25) is 0 Å². The lowest BCUT2D eigenvalue weighted by molar-refractivity contribution is 0.368. The van der Waals surface area contributed by atoms with Crippen LogP contribution in [0.5, 0.6) is 0 Å². The highest BCUT2D eigenvalue weighted by molar-refractivity contribution is 5.80. The molecular formula is C14H19N7O. The van der Waals surface area contributed by atoms with Crippen LogP contribution in [-0.4, -0.2) is 59.2 Å². The monoisotopic (exact) mass is 301 g/mol. The fraction of sp³-hybridized carbons (Fsp3) is 0.429. The van der Waals surface area contributed by atoms with Crippen molar-refractivity contribution < 1.29 is 4.52 Å². The number of nitrogens with zero attached hydrogens (tertiary/aromatic N) is 6. The Kier molecular flexibility index (Phi) is 4.47. The van der Waals surface area contributed by atoms with Gasteiger partial charge < -0.3 is 19.6 Å². The third kappa shape index (κ3) is 3.33. The van der Waals surface area contributed by atoms with Gasteiger partial charge in [-0.2, -0.15) is 0 Å². The minimum absolute atomic E-state index is 0.602. The predicted molar refractivity (Wildman–Crippen MR) is 82.5 cm³/mol. The van der Waals surface area contributed by atoms with Crippen LogP contribution in [-0.2, 0) is 6.54 Å². The second kappa shape index (κ2) is 6.88. The number of anilines is 1. The molecule has 1 fully saturated rings. The summed E-state index contributed by atoms with van der Waals surface area (Å²) in [5.74, 6) is 1.66. The zero-order chi connectivity index (χ0) is 15.2. The lowest BCUT2D eigenvalue weighted by Crippen LogP contribution is -2.52. The van der Waals surface area contributed by atoms with Crippen molar-refractivity contribution in [2.75, 3.05) is 38.1 Å². The SMILES string of the molecule is CN=C(NCc1ccon1)N1CCN(c2ncccn2)CC1. The average Bonchev–Trinajstić information content (AvgIpc) is 3.10. The number of hydrogen-bond donors (Lipinski definition) is 1. The van der Waals surface area contributed by atoms with Crippen molar-refractivity contribution in [2.24, 2.45) is 4.99 Å². The standard InChI is InChI=1S/C14H19N7O/c1-15-13(18-11-12-3-10-22-19-12)20-6-8-21(9-7-20)14-16-4-2-5-17-14/h2-5,10H,6-9,11H2,1H3,(H,15,18). The summed E-state index contributed by atoms with van der Waals surface area (Å²) in [6, 6.07) is 3.67. The third-order valence-electron chi connectivity index (χ3n) is 3.54. The molecule has 0 radical (unpaired) electrons. The molecule has 0 spiro atoms. The maximum Gasteiger partial charge on any atom is 0.225 e. The zero-order valence-electron chi connectivity index (χ0n) is 12.5. The van der Waals surface area contributed by atoms with Gasteiger partial charge in [0.25, 0.3) is 0 Å². The molecule has 2 aromatic heterocycles. The van der Waals surface area contributed by atoms with Crippen LogP contribution in [0.4, 0.5) is 5.95 Å². The molecule has 0 amide bonds. The Bertz CT molecular complexity index is 591. The molecule has 0 aliphatic carbocycles. The van der Waals surface area contributed by atoms with Crippen LogP contribution in [0.1, 0.15) is 5.69 Å². The first-order valence-electron chi connectivity index (χ1n) is 7.23. The summed E-state index contributed by atoms with van der Waals surface area (Å²) in [6.07, 6.45) is 5.11. The van der Waals surface area contributed by atoms with E-state index in [2.05, 4.69) is 35.2 Å². The second-order valence-corrected chi connectivity index (χ2v) is 4.91. The summed E-state index contributed by atoms with van der Waals surface area (Å²) in [5, 5.41) is 7.18. The molecule has 0 aromatic carbocycles. The molecule has 2 aromatic rings. The van der Waals surface area contributed by atoms with Gasteiger partial charge >= 0.3 is 0 Å². The minimum atomic E-state index is 0.602. The largest absolute Gasteiger partial charge is 0.364 e. The van der Waals surface area contributed by atoms with Crippen LogP contribution in [0.3, 0.4) is 0 Å². The molecule has 1 saturated heterocycles. The smallest absolute Gasteiger partial charge is 0.225 e. The molecular weight excluding hydrogens is 282 g/mol. The molecule has 0 unspecified atom stereocenters. The maximum atomic E-state index is 4.82. The van der Waals surface area contributed by atoms with Gasteiger partial charge in [-0.3, -0.25) is 4.99 Å². The highest BCUT2D eigenvalue weighted by Gasteiger charge is 2.21. The molecule has 8 heteroatoms. The topological polar surface area (TPSA) is 82.7 Å². The van der Waals surface area contributed by atoms with Crippen molar-refractivity contribution in [2.45, 2.75) is 6.54 Å². The first kappa shape index (κ1) is 14.3. The van der Waals surface area contributed by atoms with E-state index in [9.17, 15) is 0 Å². The zero-order valence-corrected chi connectivity index (χ0v) is 12.5. The van der Waals surface area contributed by atoms with Gasteiger partial charge in [-0.25, -0.2) is 9.97 Å². The molecule has 3 heterocycles. The normalized spacial score (nSPS) is 16.0. The quantitative estimate of drug-likeness (QED) is 0.647. The lowest BCUT2D eigenvalue weighted by atomic mass is 10.3. The predicted octanol–water partition coefficient (Wildman–Crippen LogP) is 0.362. The van der Waals surface area contributed by atoms with Crippen molar-refractivity contribution in [1.82, 2.24) is 25.3 Å². The second-order valence-electron chi connectivity index (χ2n) is 4.91. The molecule has 1 aliphatic rings. The van der Waals surface area contributed by atoms with Crippen molar-refractivity contribution in [3.05, 3.63) is 36.5 Å². The van der Waals surface area contributed by atoms with E-state index < -0.39 is 0 Å². The maximum absolute atomic E-state index is 4.82.